The van der Waals surface area contributed by atoms with Crippen molar-refractivity contribution < 1.29 is 24.0 Å². The molecule has 2 amide bonds. The van der Waals surface area contributed by atoms with Gasteiger partial charge in [0.2, 0.25) is 5.75 Å². The number of nitrogens with one attached hydrogen (secondary N) is 1. The van der Waals surface area contributed by atoms with Crippen LogP contribution in [0.25, 0.3) is 6.08 Å². The Bertz CT molecular complexity index is 1310. The Labute approximate surface area is 205 Å². The minimum atomic E-state index is -0.623. The van der Waals surface area contributed by atoms with E-state index in [2.05, 4.69) is 5.43 Å². The normalized spacial score (nSPS) is 14.2. The summed E-state index contributed by atoms with van der Waals surface area (Å²) in [5.74, 6) is -1.14. The molecule has 0 unspecified atom stereocenters. The first-order valence-electron chi connectivity index (χ1n) is 10.6. The highest BCUT2D eigenvalue weighted by Gasteiger charge is 2.34. The molecule has 4 rings (SSSR count). The van der Waals surface area contributed by atoms with Crippen molar-refractivity contribution in [3.63, 3.8) is 0 Å². The summed E-state index contributed by atoms with van der Waals surface area (Å²) < 4.78 is 11.4. The summed E-state index contributed by atoms with van der Waals surface area (Å²) >= 11 is 5.90. The molecule has 10 heteroatoms. The average Bonchev–Trinajstić information content (AvgIpc) is 3.13. The fourth-order valence-corrected chi connectivity index (χ4v) is 3.58. The molecule has 178 valence electrons. The summed E-state index contributed by atoms with van der Waals surface area (Å²) in [6.07, 6.45) is 1.29. The number of amides is 2. The fourth-order valence-electron chi connectivity index (χ4n) is 3.45. The number of halogens is 1. The number of nitro groups is 1. The van der Waals surface area contributed by atoms with Gasteiger partial charge in [0.15, 0.2) is 5.75 Å². The van der Waals surface area contributed by atoms with Gasteiger partial charge in [0, 0.05) is 11.1 Å². The van der Waals surface area contributed by atoms with Gasteiger partial charge in [-0.05, 0) is 54.5 Å². The van der Waals surface area contributed by atoms with E-state index >= 15 is 0 Å². The monoisotopic (exact) mass is 493 g/mol. The lowest BCUT2D eigenvalue weighted by Gasteiger charge is -2.14. The van der Waals surface area contributed by atoms with Crippen molar-refractivity contribution in [1.29, 1.82) is 0 Å². The smallest absolute Gasteiger partial charge is 0.315 e. The number of para-hydroxylation sites is 1. The molecular weight excluding hydrogens is 474 g/mol. The molecule has 1 heterocycles. The molecule has 0 aliphatic carbocycles. The highest BCUT2D eigenvalue weighted by atomic mass is 35.5. The van der Waals surface area contributed by atoms with Crippen molar-refractivity contribution >= 4 is 40.9 Å². The van der Waals surface area contributed by atoms with Crippen LogP contribution < -0.4 is 19.9 Å². The predicted molar refractivity (Wildman–Crippen MR) is 130 cm³/mol. The molecule has 0 saturated carbocycles. The standard InChI is InChI=1S/C25H20ClN3O6/c1-2-34-22-14-17(12-20-24(30)27-28(25(20)31)19-6-4-3-5-7-19)13-21(29(32)33)23(22)35-15-16-8-10-18(26)11-9-16/h3-14H,2,15H2,1H3,(H,27,30)/b20-12-. The second kappa shape index (κ2) is 10.3. The van der Waals surface area contributed by atoms with Gasteiger partial charge in [-0.15, -0.1) is 0 Å². The van der Waals surface area contributed by atoms with Crippen molar-refractivity contribution in [2.75, 3.05) is 11.6 Å². The van der Waals surface area contributed by atoms with Crippen LogP contribution in [0, 0.1) is 10.1 Å². The Kier molecular flexibility index (Phi) is 6.98. The second-order valence-corrected chi connectivity index (χ2v) is 7.88. The van der Waals surface area contributed by atoms with Gasteiger partial charge in [0.05, 0.1) is 17.2 Å². The van der Waals surface area contributed by atoms with Gasteiger partial charge in [-0.3, -0.25) is 25.1 Å². The van der Waals surface area contributed by atoms with Gasteiger partial charge in [-0.1, -0.05) is 41.9 Å². The Morgan fingerprint density at radius 3 is 2.43 bits per heavy atom. The molecule has 1 aliphatic heterocycles. The van der Waals surface area contributed by atoms with E-state index < -0.39 is 16.7 Å². The molecule has 35 heavy (non-hydrogen) atoms. The van der Waals surface area contributed by atoms with Crippen molar-refractivity contribution in [2.24, 2.45) is 0 Å². The van der Waals surface area contributed by atoms with Crippen LogP contribution in [0.5, 0.6) is 11.5 Å². The minimum Gasteiger partial charge on any atom is -0.490 e. The average molecular weight is 494 g/mol. The van der Waals surface area contributed by atoms with Crippen molar-refractivity contribution in [2.45, 2.75) is 13.5 Å². The van der Waals surface area contributed by atoms with E-state index in [4.69, 9.17) is 21.1 Å². The van der Waals surface area contributed by atoms with E-state index in [-0.39, 0.29) is 41.5 Å². The van der Waals surface area contributed by atoms with E-state index in [0.717, 1.165) is 10.6 Å². The number of hydrogen-bond donors (Lipinski definition) is 1. The highest BCUT2D eigenvalue weighted by molar-refractivity contribution is 6.31. The fraction of sp³-hybridized carbons (Fsp3) is 0.120. The van der Waals surface area contributed by atoms with Gasteiger partial charge >= 0.3 is 5.69 Å². The summed E-state index contributed by atoms with van der Waals surface area (Å²) in [4.78, 5) is 36.7. The third-order valence-electron chi connectivity index (χ3n) is 5.07. The maximum absolute atomic E-state index is 12.9. The third kappa shape index (κ3) is 5.25. The SMILES string of the molecule is CCOc1cc(/C=C2/C(=O)NN(c3ccccc3)C2=O)cc([N+](=O)[O-])c1OCc1ccc(Cl)cc1. The van der Waals surface area contributed by atoms with Crippen molar-refractivity contribution in [3.8, 4) is 11.5 Å². The first-order chi connectivity index (χ1) is 16.9. The molecule has 0 spiro atoms. The number of nitro benzene ring substituents is 1. The minimum absolute atomic E-state index is 0.0471. The molecule has 1 fully saturated rings. The number of anilines is 1. The number of hydrazine groups is 1. The lowest BCUT2D eigenvalue weighted by atomic mass is 10.1. The van der Waals surface area contributed by atoms with E-state index in [9.17, 15) is 19.7 Å². The quantitative estimate of drug-likeness (QED) is 0.211. The Morgan fingerprint density at radius 1 is 1.06 bits per heavy atom. The Balaban J connectivity index is 1.68. The van der Waals surface area contributed by atoms with Crippen LogP contribution in [0.1, 0.15) is 18.1 Å². The molecule has 1 saturated heterocycles. The first kappa shape index (κ1) is 23.8. The molecule has 0 radical (unpaired) electrons. The van der Waals surface area contributed by atoms with Gasteiger partial charge in [0.25, 0.3) is 11.8 Å². The summed E-state index contributed by atoms with van der Waals surface area (Å²) in [5.41, 5.74) is 3.46. The number of hydrogen-bond acceptors (Lipinski definition) is 6. The number of nitrogens with zero attached hydrogens (tertiary/aromatic N) is 2. The summed E-state index contributed by atoms with van der Waals surface area (Å²) in [7, 11) is 0. The Hall–Kier alpha value is -4.37. The zero-order chi connectivity index (χ0) is 24.9. The zero-order valence-electron chi connectivity index (χ0n) is 18.6. The van der Waals surface area contributed by atoms with Crippen LogP contribution in [0.2, 0.25) is 5.02 Å². The predicted octanol–water partition coefficient (Wildman–Crippen LogP) is 4.69. The van der Waals surface area contributed by atoms with E-state index in [1.165, 1.54) is 18.2 Å². The van der Waals surface area contributed by atoms with Gasteiger partial charge in [-0.25, -0.2) is 5.01 Å². The summed E-state index contributed by atoms with van der Waals surface area (Å²) in [6.45, 7) is 1.99. The second-order valence-electron chi connectivity index (χ2n) is 7.45. The van der Waals surface area contributed by atoms with Gasteiger partial charge in [-0.2, -0.15) is 0 Å². The van der Waals surface area contributed by atoms with Crippen LogP contribution in [0.15, 0.2) is 72.3 Å². The Morgan fingerprint density at radius 2 is 1.77 bits per heavy atom. The third-order valence-corrected chi connectivity index (χ3v) is 5.32. The number of rotatable bonds is 8. The molecule has 0 bridgehead atoms. The highest BCUT2D eigenvalue weighted by Crippen LogP contribution is 2.40. The maximum atomic E-state index is 12.9. The van der Waals surface area contributed by atoms with E-state index in [1.807, 2.05) is 0 Å². The molecule has 0 aromatic heterocycles. The van der Waals surface area contributed by atoms with Crippen LogP contribution in [-0.2, 0) is 16.2 Å². The molecule has 0 atom stereocenters. The first-order valence-corrected chi connectivity index (χ1v) is 11.0. The largest absolute Gasteiger partial charge is 0.490 e. The molecule has 1 aliphatic rings. The number of benzene rings is 3. The van der Waals surface area contributed by atoms with Crippen LogP contribution in [-0.4, -0.2) is 23.3 Å². The molecular formula is C25H20ClN3O6. The summed E-state index contributed by atoms with van der Waals surface area (Å²) in [6, 6.07) is 18.2. The van der Waals surface area contributed by atoms with E-state index in [1.54, 1.807) is 61.5 Å². The van der Waals surface area contributed by atoms with Crippen LogP contribution >= 0.6 is 11.6 Å². The van der Waals surface area contributed by atoms with Gasteiger partial charge < -0.3 is 9.47 Å². The van der Waals surface area contributed by atoms with Crippen molar-refractivity contribution in [3.05, 3.63) is 98.6 Å². The lowest BCUT2D eigenvalue weighted by Crippen LogP contribution is -2.35. The number of carbonyl (C=O) groups is 2. The lowest BCUT2D eigenvalue weighted by molar-refractivity contribution is -0.386. The molecule has 3 aromatic carbocycles. The maximum Gasteiger partial charge on any atom is 0.315 e. The topological polar surface area (TPSA) is 111 Å². The number of ether oxygens (including phenoxy) is 2. The van der Waals surface area contributed by atoms with E-state index in [0.29, 0.717) is 10.7 Å². The number of carbonyl (C=O) groups excluding carboxylic acids is 2. The zero-order valence-corrected chi connectivity index (χ0v) is 19.3. The molecule has 3 aromatic rings. The van der Waals surface area contributed by atoms with Crippen LogP contribution in [0.3, 0.4) is 0 Å². The van der Waals surface area contributed by atoms with Crippen LogP contribution in [0.4, 0.5) is 11.4 Å². The van der Waals surface area contributed by atoms with Crippen molar-refractivity contribution in [1.82, 2.24) is 5.43 Å². The molecule has 1 N–H and O–H groups in total. The summed E-state index contributed by atoms with van der Waals surface area (Å²) in [5, 5.41) is 13.5. The molecule has 9 nitrogen and oxygen atoms in total. The van der Waals surface area contributed by atoms with Gasteiger partial charge in [0.1, 0.15) is 12.2 Å².